The van der Waals surface area contributed by atoms with Crippen LogP contribution in [0.25, 0.3) is 6.08 Å². The Morgan fingerprint density at radius 1 is 1.07 bits per heavy atom. The molecule has 28 heavy (non-hydrogen) atoms. The number of nitrogens with one attached hydrogen (secondary N) is 1. The summed E-state index contributed by atoms with van der Waals surface area (Å²) in [6.07, 6.45) is 4.94. The van der Waals surface area contributed by atoms with E-state index in [4.69, 9.17) is 5.11 Å². The van der Waals surface area contributed by atoms with E-state index in [9.17, 15) is 9.59 Å². The molecule has 1 aromatic heterocycles. The molecule has 0 aliphatic carbocycles. The SMILES string of the molecule is O=C(N/C(=C\c1cccnc1)C(=O)N1CCN(CCO)CC1)c1ccccc1. The minimum absolute atomic E-state index is 0.104. The molecule has 1 aromatic carbocycles. The van der Waals surface area contributed by atoms with Crippen LogP contribution in [0.15, 0.2) is 60.6 Å². The molecule has 2 amide bonds. The van der Waals surface area contributed by atoms with E-state index in [1.54, 1.807) is 53.7 Å². The normalized spacial score (nSPS) is 15.3. The number of aromatic nitrogens is 1. The lowest BCUT2D eigenvalue weighted by Gasteiger charge is -2.34. The van der Waals surface area contributed by atoms with Gasteiger partial charge in [-0.1, -0.05) is 24.3 Å². The van der Waals surface area contributed by atoms with Crippen LogP contribution in [0.5, 0.6) is 0 Å². The molecule has 146 valence electrons. The molecule has 0 radical (unpaired) electrons. The second-order valence-electron chi connectivity index (χ2n) is 6.52. The first kappa shape index (κ1) is 19.7. The van der Waals surface area contributed by atoms with Crippen molar-refractivity contribution in [3.05, 3.63) is 71.7 Å². The van der Waals surface area contributed by atoms with Crippen molar-refractivity contribution in [3.63, 3.8) is 0 Å². The summed E-state index contributed by atoms with van der Waals surface area (Å²) in [6, 6.07) is 12.4. The van der Waals surface area contributed by atoms with Crippen LogP contribution in [0.2, 0.25) is 0 Å². The standard InChI is InChI=1S/C21H24N4O3/c26-14-13-24-9-11-25(12-10-24)21(28)19(15-17-5-4-8-22-16-17)23-20(27)18-6-2-1-3-7-18/h1-8,15-16,26H,9-14H2,(H,23,27)/b19-15-. The molecule has 0 saturated carbocycles. The lowest BCUT2D eigenvalue weighted by Crippen LogP contribution is -2.50. The van der Waals surface area contributed by atoms with Gasteiger partial charge in [-0.2, -0.15) is 0 Å². The van der Waals surface area contributed by atoms with Crippen molar-refractivity contribution in [2.24, 2.45) is 0 Å². The third-order valence-corrected chi connectivity index (χ3v) is 4.59. The molecule has 0 bridgehead atoms. The number of hydrogen-bond acceptors (Lipinski definition) is 5. The van der Waals surface area contributed by atoms with Crippen LogP contribution in [-0.2, 0) is 4.79 Å². The first-order valence-electron chi connectivity index (χ1n) is 9.28. The van der Waals surface area contributed by atoms with E-state index in [-0.39, 0.29) is 24.1 Å². The fourth-order valence-electron chi connectivity index (χ4n) is 3.05. The van der Waals surface area contributed by atoms with Gasteiger partial charge in [0.2, 0.25) is 0 Å². The predicted octanol–water partition coefficient (Wildman–Crippen LogP) is 0.989. The molecule has 2 heterocycles. The maximum atomic E-state index is 13.1. The average Bonchev–Trinajstić information content (AvgIpc) is 2.75. The van der Waals surface area contributed by atoms with Gasteiger partial charge in [-0.05, 0) is 29.8 Å². The van der Waals surface area contributed by atoms with Crippen molar-refractivity contribution in [2.45, 2.75) is 0 Å². The minimum Gasteiger partial charge on any atom is -0.395 e. The zero-order chi connectivity index (χ0) is 19.8. The topological polar surface area (TPSA) is 85.8 Å². The highest BCUT2D eigenvalue weighted by atomic mass is 16.3. The van der Waals surface area contributed by atoms with E-state index < -0.39 is 0 Å². The van der Waals surface area contributed by atoms with Gasteiger partial charge in [-0.25, -0.2) is 0 Å². The number of amides is 2. The van der Waals surface area contributed by atoms with Gasteiger partial charge < -0.3 is 15.3 Å². The number of carbonyl (C=O) groups is 2. The van der Waals surface area contributed by atoms with Crippen molar-refractivity contribution >= 4 is 17.9 Å². The van der Waals surface area contributed by atoms with Crippen molar-refractivity contribution < 1.29 is 14.7 Å². The van der Waals surface area contributed by atoms with Crippen LogP contribution in [0.3, 0.4) is 0 Å². The summed E-state index contributed by atoms with van der Waals surface area (Å²) < 4.78 is 0. The average molecular weight is 380 g/mol. The number of aliphatic hydroxyl groups excluding tert-OH is 1. The van der Waals surface area contributed by atoms with Gasteiger partial charge in [0, 0.05) is 50.7 Å². The summed E-state index contributed by atoms with van der Waals surface area (Å²) in [4.78, 5) is 33.6. The van der Waals surface area contributed by atoms with E-state index in [0.29, 0.717) is 38.3 Å². The Bertz CT molecular complexity index is 816. The summed E-state index contributed by atoms with van der Waals surface area (Å²) in [6.45, 7) is 3.19. The first-order chi connectivity index (χ1) is 13.7. The van der Waals surface area contributed by atoms with Crippen LogP contribution in [0, 0.1) is 0 Å². The maximum absolute atomic E-state index is 13.1. The largest absolute Gasteiger partial charge is 0.395 e. The van der Waals surface area contributed by atoms with Gasteiger partial charge in [-0.15, -0.1) is 0 Å². The lowest BCUT2D eigenvalue weighted by molar-refractivity contribution is -0.129. The predicted molar refractivity (Wildman–Crippen MR) is 106 cm³/mol. The van der Waals surface area contributed by atoms with Gasteiger partial charge in [0.25, 0.3) is 11.8 Å². The Balaban J connectivity index is 1.77. The van der Waals surface area contributed by atoms with Crippen LogP contribution >= 0.6 is 0 Å². The molecule has 2 N–H and O–H groups in total. The van der Waals surface area contributed by atoms with E-state index in [1.165, 1.54) is 0 Å². The van der Waals surface area contributed by atoms with Gasteiger partial charge >= 0.3 is 0 Å². The Kier molecular flexibility index (Phi) is 6.89. The second-order valence-corrected chi connectivity index (χ2v) is 6.52. The van der Waals surface area contributed by atoms with E-state index in [1.807, 2.05) is 12.1 Å². The number of β-amino-alcohol motifs (C(OH)–C–C–N with tert-alkyl or cyclic N) is 1. The zero-order valence-corrected chi connectivity index (χ0v) is 15.6. The molecule has 3 rings (SSSR count). The van der Waals surface area contributed by atoms with Crippen LogP contribution in [0.1, 0.15) is 15.9 Å². The number of aliphatic hydroxyl groups is 1. The molecule has 0 atom stereocenters. The molecule has 7 nitrogen and oxygen atoms in total. The molecule has 1 aliphatic rings. The number of rotatable bonds is 6. The summed E-state index contributed by atoms with van der Waals surface area (Å²) >= 11 is 0. The van der Waals surface area contributed by atoms with Gasteiger partial charge in [0.15, 0.2) is 0 Å². The number of pyridine rings is 1. The third-order valence-electron chi connectivity index (χ3n) is 4.59. The number of carbonyl (C=O) groups excluding carboxylic acids is 2. The number of piperazine rings is 1. The summed E-state index contributed by atoms with van der Waals surface area (Å²) in [5.41, 5.74) is 1.44. The summed E-state index contributed by atoms with van der Waals surface area (Å²) in [7, 11) is 0. The zero-order valence-electron chi connectivity index (χ0n) is 15.6. The Morgan fingerprint density at radius 2 is 1.82 bits per heavy atom. The molecule has 0 spiro atoms. The number of hydrogen-bond donors (Lipinski definition) is 2. The van der Waals surface area contributed by atoms with E-state index in [0.717, 1.165) is 5.56 Å². The molecular formula is C21H24N4O3. The minimum atomic E-state index is -0.331. The first-order valence-corrected chi connectivity index (χ1v) is 9.28. The van der Waals surface area contributed by atoms with Gasteiger partial charge in [0.05, 0.1) is 6.61 Å². The van der Waals surface area contributed by atoms with Gasteiger partial charge in [0.1, 0.15) is 5.70 Å². The lowest BCUT2D eigenvalue weighted by atomic mass is 10.1. The summed E-state index contributed by atoms with van der Waals surface area (Å²) in [5, 5.41) is 11.8. The highest BCUT2D eigenvalue weighted by Gasteiger charge is 2.24. The van der Waals surface area contributed by atoms with Crippen molar-refractivity contribution in [3.8, 4) is 0 Å². The third kappa shape index (κ3) is 5.25. The van der Waals surface area contributed by atoms with Crippen molar-refractivity contribution in [1.82, 2.24) is 20.1 Å². The van der Waals surface area contributed by atoms with Crippen molar-refractivity contribution in [1.29, 1.82) is 0 Å². The van der Waals surface area contributed by atoms with Crippen LogP contribution in [0.4, 0.5) is 0 Å². The van der Waals surface area contributed by atoms with Crippen molar-refractivity contribution in [2.75, 3.05) is 39.3 Å². The molecular weight excluding hydrogens is 356 g/mol. The highest BCUT2D eigenvalue weighted by molar-refractivity contribution is 6.05. The molecule has 1 fully saturated rings. The number of benzene rings is 1. The Hall–Kier alpha value is -3.03. The van der Waals surface area contributed by atoms with Crippen LogP contribution in [-0.4, -0.2) is 71.0 Å². The van der Waals surface area contributed by atoms with Crippen LogP contribution < -0.4 is 5.32 Å². The number of nitrogens with zero attached hydrogens (tertiary/aromatic N) is 3. The van der Waals surface area contributed by atoms with Gasteiger partial charge in [-0.3, -0.25) is 19.5 Å². The maximum Gasteiger partial charge on any atom is 0.270 e. The molecule has 7 heteroatoms. The summed E-state index contributed by atoms with van der Waals surface area (Å²) in [5.74, 6) is -0.556. The van der Waals surface area contributed by atoms with E-state index in [2.05, 4.69) is 15.2 Å². The smallest absolute Gasteiger partial charge is 0.270 e. The molecule has 1 saturated heterocycles. The fourth-order valence-corrected chi connectivity index (χ4v) is 3.05. The Labute approximate surface area is 164 Å². The molecule has 2 aromatic rings. The monoisotopic (exact) mass is 380 g/mol. The molecule has 1 aliphatic heterocycles. The Morgan fingerprint density at radius 3 is 2.46 bits per heavy atom. The quantitative estimate of drug-likeness (QED) is 0.730. The fraction of sp³-hybridized carbons (Fsp3) is 0.286. The molecule has 0 unspecified atom stereocenters. The second kappa shape index (κ2) is 9.77. The van der Waals surface area contributed by atoms with E-state index >= 15 is 0 Å². The highest BCUT2D eigenvalue weighted by Crippen LogP contribution is 2.11.